The predicted molar refractivity (Wildman–Crippen MR) is 389 cm³/mol. The summed E-state index contributed by atoms with van der Waals surface area (Å²) in [6.45, 7) is 13.6. The van der Waals surface area contributed by atoms with Crippen LogP contribution in [0.2, 0.25) is 0 Å². The molecule has 1 aliphatic heterocycles. The zero-order valence-corrected chi connectivity index (χ0v) is 60.4. The molecule has 3 aromatic heterocycles. The third-order valence-corrected chi connectivity index (χ3v) is 17.0. The van der Waals surface area contributed by atoms with Crippen molar-refractivity contribution in [3.63, 3.8) is 0 Å². The van der Waals surface area contributed by atoms with Crippen LogP contribution in [0.15, 0.2) is 237 Å². The Balaban J connectivity index is 0.000000172. The Hall–Kier alpha value is -9.77. The first-order chi connectivity index (χ1) is 47.2. The number of esters is 2. The average molecular weight is 1420 g/mol. The Morgan fingerprint density at radius 1 is 0.460 bits per heavy atom. The van der Waals surface area contributed by atoms with Crippen molar-refractivity contribution >= 4 is 96.4 Å². The van der Waals surface area contributed by atoms with Crippen LogP contribution in [-0.4, -0.2) is 60.0 Å². The second-order valence-electron chi connectivity index (χ2n) is 24.1. The van der Waals surface area contributed by atoms with E-state index >= 15 is 0 Å². The van der Waals surface area contributed by atoms with E-state index < -0.39 is 5.97 Å². The average Bonchev–Trinajstić information content (AvgIpc) is 1.61. The molecule has 0 bridgehead atoms. The molecule has 0 aliphatic carbocycles. The van der Waals surface area contributed by atoms with E-state index in [1.165, 1.54) is 0 Å². The molecule has 13 rings (SSSR count). The van der Waals surface area contributed by atoms with Crippen LogP contribution in [0, 0.1) is 0 Å². The number of para-hydroxylation sites is 3. The third kappa shape index (κ3) is 20.0. The van der Waals surface area contributed by atoms with E-state index in [1.807, 2.05) is 210 Å². The van der Waals surface area contributed by atoms with Gasteiger partial charge in [-0.25, -0.2) is 0 Å². The van der Waals surface area contributed by atoms with Crippen LogP contribution < -0.4 is 66.4 Å². The molecule has 510 valence electrons. The number of carbonyl (C=O) groups excluding carboxylic acids is 2. The summed E-state index contributed by atoms with van der Waals surface area (Å²) in [7, 11) is -0.300. The van der Waals surface area contributed by atoms with E-state index in [0.717, 1.165) is 98.6 Å². The van der Waals surface area contributed by atoms with Crippen LogP contribution in [0.1, 0.15) is 74.9 Å². The van der Waals surface area contributed by atoms with Crippen LogP contribution in [0.4, 0.5) is 17.1 Å². The summed E-state index contributed by atoms with van der Waals surface area (Å²) < 4.78 is 57.6. The molecular formula is C79H78BBrN3NaO15. The van der Waals surface area contributed by atoms with Gasteiger partial charge in [0.05, 0.1) is 66.9 Å². The summed E-state index contributed by atoms with van der Waals surface area (Å²) in [5.41, 5.74) is 31.5. The number of benzene rings is 9. The van der Waals surface area contributed by atoms with Crippen molar-refractivity contribution in [2.75, 3.05) is 30.4 Å². The maximum Gasteiger partial charge on any atom is 1.00 e. The number of aliphatic carboxylic acids is 1. The minimum Gasteiger partial charge on any atom is -0.870 e. The fourth-order valence-electron chi connectivity index (χ4n) is 10.8. The second-order valence-corrected chi connectivity index (χ2v) is 25.0. The molecular weight excluding hydrogens is 1340 g/mol. The van der Waals surface area contributed by atoms with Crippen LogP contribution in [-0.2, 0) is 72.2 Å². The van der Waals surface area contributed by atoms with E-state index in [4.69, 9.17) is 68.6 Å². The van der Waals surface area contributed by atoms with Gasteiger partial charge < -0.3 is 74.0 Å². The zero-order chi connectivity index (χ0) is 69.3. The van der Waals surface area contributed by atoms with Crippen molar-refractivity contribution < 1.29 is 101 Å². The first-order valence-electron chi connectivity index (χ1n) is 32.0. The first kappa shape index (κ1) is 76.0. The number of nitrogens with two attached hydrogens (primary N) is 3. The van der Waals surface area contributed by atoms with Crippen molar-refractivity contribution in [3.05, 3.63) is 257 Å². The van der Waals surface area contributed by atoms with Gasteiger partial charge in [0.15, 0.2) is 0 Å². The van der Waals surface area contributed by atoms with Gasteiger partial charge in [0.2, 0.25) is 0 Å². The van der Waals surface area contributed by atoms with Gasteiger partial charge in [-0.2, -0.15) is 0 Å². The van der Waals surface area contributed by atoms with E-state index in [-0.39, 0.29) is 84.6 Å². The van der Waals surface area contributed by atoms with Crippen molar-refractivity contribution in [3.8, 4) is 39.5 Å². The number of rotatable bonds is 20. The number of hydrogen-bond acceptors (Lipinski definition) is 17. The smallest absolute Gasteiger partial charge is 0.870 e. The molecule has 1 aliphatic rings. The number of anilines is 3. The van der Waals surface area contributed by atoms with Crippen molar-refractivity contribution in [1.82, 2.24) is 0 Å². The molecule has 21 heteroatoms. The number of ether oxygens (including phenoxy) is 5. The normalized spacial score (nSPS) is 12.4. The molecule has 0 amide bonds. The van der Waals surface area contributed by atoms with Gasteiger partial charge in [0, 0.05) is 61.0 Å². The second kappa shape index (κ2) is 35.3. The van der Waals surface area contributed by atoms with Gasteiger partial charge in [0.25, 0.3) is 0 Å². The number of furan rings is 3. The Bertz CT molecular complexity index is 4670. The minimum absolute atomic E-state index is 0. The molecule has 0 spiro atoms. The Labute approximate surface area is 611 Å². The number of nitrogen functional groups attached to an aromatic ring is 3. The number of carbonyl (C=O) groups is 3. The molecule has 4 heterocycles. The molecule has 12 aromatic rings. The van der Waals surface area contributed by atoms with E-state index in [2.05, 4.69) is 22.0 Å². The van der Waals surface area contributed by atoms with Crippen LogP contribution in [0.3, 0.4) is 0 Å². The SMILES string of the molecule is CC1(C)OB(c2ccc(N)cc2)OC1(C)C.CCOC(=O)Cc1ccccc1OCc1cc(-c2ccc(N)cc2)c2occc2c1.CCOC(=O)Cc1ccccc1OCc1cc(Br)c2occc2c1.Nc1ccc(-c2cc(COc3ccccc3CC(=O)O)cc3ccoc23)cc1.[Na+].[OH-]. The van der Waals surface area contributed by atoms with Crippen molar-refractivity contribution in [1.29, 1.82) is 0 Å². The topological polar surface area (TPSA) is 284 Å². The quantitative estimate of drug-likeness (QED) is 0.0313. The molecule has 100 heavy (non-hydrogen) atoms. The third-order valence-electron chi connectivity index (χ3n) is 16.4. The minimum atomic E-state index is -0.887. The first-order valence-corrected chi connectivity index (χ1v) is 32.8. The van der Waals surface area contributed by atoms with Crippen LogP contribution in [0.5, 0.6) is 17.2 Å². The molecule has 8 N–H and O–H groups in total. The standard InChI is InChI=1S/C25H23NO4.C23H19NO4.C19H17BrO4.C12H18BNO2.Na.H2O/c1-2-28-24(27)15-19-5-3-4-6-23(19)30-16-17-13-20-11-12-29-25(20)22(14-17)18-7-9-21(26)10-8-18;24-19-7-5-16(6-8-19)20-12-15(11-18-9-10-27-23(18)20)14-28-21-4-2-1-3-17(21)13-22(25)26;1-2-22-18(21)11-14-5-3-4-6-17(14)24-12-13-9-15-7-8-23-19(15)16(20)10-13;1-11(2)12(3,4)16-13(15-11)9-5-7-10(14)8-6-9;;/h3-14H,2,15-16,26H2,1H3;1-12H,13-14,24H2,(H,25,26);3-10H,2,11-12H2,1H3;5-8H,14H2,1-4H3;;1H2/q;;;;+1;/p-1. The Morgan fingerprint density at radius 2 is 0.800 bits per heavy atom. The maximum absolute atomic E-state index is 11.9. The predicted octanol–water partition coefficient (Wildman–Crippen LogP) is 13.5. The van der Waals surface area contributed by atoms with Gasteiger partial charge in [0.1, 0.15) is 53.8 Å². The van der Waals surface area contributed by atoms with Gasteiger partial charge in [-0.15, -0.1) is 0 Å². The molecule has 1 saturated heterocycles. The van der Waals surface area contributed by atoms with E-state index in [1.54, 1.807) is 44.8 Å². The summed E-state index contributed by atoms with van der Waals surface area (Å²) in [6.07, 6.45) is 5.32. The summed E-state index contributed by atoms with van der Waals surface area (Å²) in [4.78, 5) is 34.7. The number of halogens is 1. The summed E-state index contributed by atoms with van der Waals surface area (Å²) in [5, 5.41) is 12.1. The van der Waals surface area contributed by atoms with E-state index in [9.17, 15) is 14.4 Å². The van der Waals surface area contributed by atoms with Gasteiger partial charge >= 0.3 is 54.6 Å². The molecule has 9 aromatic carbocycles. The molecule has 0 saturated carbocycles. The fourth-order valence-corrected chi connectivity index (χ4v) is 11.4. The van der Waals surface area contributed by atoms with Gasteiger partial charge in [-0.05, 0) is 200 Å². The number of fused-ring (bicyclic) bond motifs is 3. The molecule has 0 radical (unpaired) electrons. The molecule has 18 nitrogen and oxygen atoms in total. The monoisotopic (exact) mass is 1420 g/mol. The Morgan fingerprint density at radius 3 is 1.18 bits per heavy atom. The van der Waals surface area contributed by atoms with E-state index in [0.29, 0.717) is 67.2 Å². The number of carboxylic acid groups (broad SMARTS) is 1. The molecule has 0 atom stereocenters. The summed E-state index contributed by atoms with van der Waals surface area (Å²) >= 11 is 3.51. The number of carboxylic acids is 1. The van der Waals surface area contributed by atoms with Gasteiger partial charge in [-0.1, -0.05) is 91.0 Å². The maximum atomic E-state index is 11.9. The zero-order valence-electron chi connectivity index (χ0n) is 56.8. The van der Waals surface area contributed by atoms with Crippen molar-refractivity contribution in [2.24, 2.45) is 0 Å². The fraction of sp³-hybridized carbons (Fsp3) is 0.203. The van der Waals surface area contributed by atoms with Gasteiger partial charge in [-0.3, -0.25) is 14.4 Å². The van der Waals surface area contributed by atoms with Crippen LogP contribution in [0.25, 0.3) is 55.2 Å². The van der Waals surface area contributed by atoms with Crippen LogP contribution >= 0.6 is 15.9 Å². The summed E-state index contributed by atoms with van der Waals surface area (Å²) in [6, 6.07) is 63.1. The number of hydrogen-bond donors (Lipinski definition) is 4. The van der Waals surface area contributed by atoms with Crippen molar-refractivity contribution in [2.45, 2.75) is 91.8 Å². The molecule has 0 unspecified atom stereocenters. The largest absolute Gasteiger partial charge is 1.00 e. The summed E-state index contributed by atoms with van der Waals surface area (Å²) in [5.74, 6) is 0.531. The Kier molecular flexibility index (Phi) is 26.8. The molecule has 1 fully saturated rings.